The molecule has 1 aliphatic heterocycles. The maximum absolute atomic E-state index is 12.8. The number of para-hydroxylation sites is 2. The molecule has 0 aliphatic carbocycles. The summed E-state index contributed by atoms with van der Waals surface area (Å²) in [5.74, 6) is 1.84. The Morgan fingerprint density at radius 3 is 2.64 bits per heavy atom. The molecule has 2 aromatic carbocycles. The Labute approximate surface area is 145 Å². The van der Waals surface area contributed by atoms with Crippen LogP contribution in [0.4, 0.5) is 5.69 Å². The molecule has 0 saturated carbocycles. The van der Waals surface area contributed by atoms with Gasteiger partial charge in [-0.1, -0.05) is 36.3 Å². The van der Waals surface area contributed by atoms with E-state index in [2.05, 4.69) is 5.92 Å². The number of hydrogen-bond donors (Lipinski definition) is 1. The molecule has 3 rings (SSSR count). The van der Waals surface area contributed by atoms with Gasteiger partial charge in [0, 0.05) is 5.56 Å². The van der Waals surface area contributed by atoms with Crippen LogP contribution < -0.4 is 9.64 Å². The minimum Gasteiger partial charge on any atom is -0.496 e. The molecule has 0 bridgehead atoms. The molecule has 1 aliphatic rings. The minimum atomic E-state index is -1.94. The molecule has 0 radical (unpaired) electrons. The van der Waals surface area contributed by atoms with Gasteiger partial charge in [-0.15, -0.1) is 6.42 Å². The largest absolute Gasteiger partial charge is 0.496 e. The number of terminal acetylenes is 1. The van der Waals surface area contributed by atoms with E-state index in [0.717, 1.165) is 0 Å². The number of amides is 1. The Hall–Kier alpha value is -3.10. The van der Waals surface area contributed by atoms with E-state index in [-0.39, 0.29) is 18.7 Å². The molecule has 0 saturated heterocycles. The molecule has 5 nitrogen and oxygen atoms in total. The average Bonchev–Trinajstić information content (AvgIpc) is 2.84. The number of carbonyl (C=O) groups excluding carboxylic acids is 2. The van der Waals surface area contributed by atoms with Crippen LogP contribution in [0.5, 0.6) is 5.75 Å². The first-order valence-electron chi connectivity index (χ1n) is 7.76. The summed E-state index contributed by atoms with van der Waals surface area (Å²) in [7, 11) is 1.46. The fraction of sp³-hybridized carbons (Fsp3) is 0.200. The van der Waals surface area contributed by atoms with Crippen molar-refractivity contribution in [2.24, 2.45) is 0 Å². The number of ketones is 1. The van der Waals surface area contributed by atoms with Crippen molar-refractivity contribution in [1.29, 1.82) is 0 Å². The Morgan fingerprint density at radius 1 is 1.24 bits per heavy atom. The van der Waals surface area contributed by atoms with Crippen LogP contribution >= 0.6 is 0 Å². The first-order valence-corrected chi connectivity index (χ1v) is 7.76. The second kappa shape index (κ2) is 6.42. The van der Waals surface area contributed by atoms with E-state index in [1.807, 2.05) is 0 Å². The van der Waals surface area contributed by atoms with Crippen LogP contribution in [0, 0.1) is 12.3 Å². The number of aliphatic hydroxyl groups is 1. The van der Waals surface area contributed by atoms with Crippen molar-refractivity contribution < 1.29 is 19.4 Å². The standard InChI is InChI=1S/C20H17NO4/c1-3-12-21-16-10-6-5-9-15(16)20(24,19(21)23)13-17(22)14-8-4-7-11-18(14)25-2/h1,4-11,24H,12-13H2,2H3/t20-/m0/s1. The van der Waals surface area contributed by atoms with Crippen LogP contribution in [0.1, 0.15) is 22.3 Å². The Morgan fingerprint density at radius 2 is 1.92 bits per heavy atom. The zero-order valence-corrected chi connectivity index (χ0v) is 13.7. The number of carbonyl (C=O) groups is 2. The molecular formula is C20H17NO4. The second-order valence-electron chi connectivity index (χ2n) is 5.77. The van der Waals surface area contributed by atoms with E-state index < -0.39 is 11.5 Å². The summed E-state index contributed by atoms with van der Waals surface area (Å²) in [6, 6.07) is 13.5. The molecule has 2 aromatic rings. The summed E-state index contributed by atoms with van der Waals surface area (Å²) in [4.78, 5) is 26.9. The predicted octanol–water partition coefficient (Wildman–Crippen LogP) is 2.14. The molecule has 126 valence electrons. The smallest absolute Gasteiger partial charge is 0.265 e. The topological polar surface area (TPSA) is 66.8 Å². The highest BCUT2D eigenvalue weighted by Gasteiger charge is 2.50. The quantitative estimate of drug-likeness (QED) is 0.671. The third-order valence-corrected chi connectivity index (χ3v) is 4.31. The zero-order valence-electron chi connectivity index (χ0n) is 13.7. The van der Waals surface area contributed by atoms with Gasteiger partial charge in [0.1, 0.15) is 5.75 Å². The highest BCUT2D eigenvalue weighted by Crippen LogP contribution is 2.43. The average molecular weight is 335 g/mol. The van der Waals surface area contributed by atoms with Gasteiger partial charge in [0.2, 0.25) is 0 Å². The van der Waals surface area contributed by atoms with Crippen LogP contribution in [0.3, 0.4) is 0 Å². The number of hydrogen-bond acceptors (Lipinski definition) is 4. The van der Waals surface area contributed by atoms with Crippen molar-refractivity contribution in [2.45, 2.75) is 12.0 Å². The Balaban J connectivity index is 2.00. The van der Waals surface area contributed by atoms with Gasteiger partial charge < -0.3 is 9.84 Å². The lowest BCUT2D eigenvalue weighted by Gasteiger charge is -2.22. The van der Waals surface area contributed by atoms with Gasteiger partial charge in [0.05, 0.1) is 31.3 Å². The van der Waals surface area contributed by atoms with E-state index in [0.29, 0.717) is 22.6 Å². The molecule has 1 N–H and O–H groups in total. The van der Waals surface area contributed by atoms with Crippen molar-refractivity contribution >= 4 is 17.4 Å². The van der Waals surface area contributed by atoms with Gasteiger partial charge in [-0.25, -0.2) is 0 Å². The van der Waals surface area contributed by atoms with Crippen molar-refractivity contribution in [3.05, 3.63) is 59.7 Å². The summed E-state index contributed by atoms with van der Waals surface area (Å²) < 4.78 is 5.20. The fourth-order valence-electron chi connectivity index (χ4n) is 3.13. The highest BCUT2D eigenvalue weighted by molar-refractivity contribution is 6.11. The van der Waals surface area contributed by atoms with E-state index in [1.54, 1.807) is 48.5 Å². The van der Waals surface area contributed by atoms with Gasteiger partial charge in [0.25, 0.3) is 5.91 Å². The molecular weight excluding hydrogens is 318 g/mol. The van der Waals surface area contributed by atoms with E-state index in [1.165, 1.54) is 12.0 Å². The number of nitrogens with zero attached hydrogens (tertiary/aromatic N) is 1. The van der Waals surface area contributed by atoms with Gasteiger partial charge in [-0.2, -0.15) is 0 Å². The molecule has 0 unspecified atom stereocenters. The molecule has 0 spiro atoms. The van der Waals surface area contributed by atoms with E-state index in [4.69, 9.17) is 11.2 Å². The molecule has 0 aromatic heterocycles. The SMILES string of the molecule is C#CCN1C(=O)[C@](O)(CC(=O)c2ccccc2OC)c2ccccc21. The van der Waals surface area contributed by atoms with Crippen molar-refractivity contribution in [3.63, 3.8) is 0 Å². The summed E-state index contributed by atoms with van der Waals surface area (Å²) in [6.45, 7) is 0.0288. The van der Waals surface area contributed by atoms with Gasteiger partial charge >= 0.3 is 0 Å². The van der Waals surface area contributed by atoms with Crippen molar-refractivity contribution in [2.75, 3.05) is 18.6 Å². The normalized spacial score (nSPS) is 18.6. The van der Waals surface area contributed by atoms with Gasteiger partial charge in [0.15, 0.2) is 11.4 Å². The number of methoxy groups -OCH3 is 1. The monoisotopic (exact) mass is 335 g/mol. The lowest BCUT2D eigenvalue weighted by Crippen LogP contribution is -2.42. The third-order valence-electron chi connectivity index (χ3n) is 4.31. The molecule has 1 heterocycles. The van der Waals surface area contributed by atoms with E-state index in [9.17, 15) is 14.7 Å². The van der Waals surface area contributed by atoms with Gasteiger partial charge in [-0.3, -0.25) is 14.5 Å². The van der Waals surface area contributed by atoms with Gasteiger partial charge in [-0.05, 0) is 18.2 Å². The molecule has 5 heteroatoms. The first kappa shape index (κ1) is 16.7. The lowest BCUT2D eigenvalue weighted by molar-refractivity contribution is -0.135. The maximum Gasteiger partial charge on any atom is 0.265 e. The lowest BCUT2D eigenvalue weighted by atomic mass is 9.88. The maximum atomic E-state index is 12.8. The number of rotatable bonds is 5. The summed E-state index contributed by atoms with van der Waals surface area (Å²) in [5, 5.41) is 11.1. The zero-order chi connectivity index (χ0) is 18.0. The van der Waals surface area contributed by atoms with Crippen molar-refractivity contribution in [1.82, 2.24) is 0 Å². The van der Waals surface area contributed by atoms with Crippen molar-refractivity contribution in [3.8, 4) is 18.1 Å². The third kappa shape index (κ3) is 2.67. The second-order valence-corrected chi connectivity index (χ2v) is 5.77. The number of ether oxygens (including phenoxy) is 1. The number of fused-ring (bicyclic) bond motifs is 1. The predicted molar refractivity (Wildman–Crippen MR) is 93.5 cm³/mol. The van der Waals surface area contributed by atoms with E-state index >= 15 is 0 Å². The molecule has 25 heavy (non-hydrogen) atoms. The fourth-order valence-corrected chi connectivity index (χ4v) is 3.13. The Kier molecular flexibility index (Phi) is 4.30. The first-order chi connectivity index (χ1) is 12.0. The Bertz CT molecular complexity index is 883. The minimum absolute atomic E-state index is 0.0288. The number of benzene rings is 2. The molecule has 1 amide bonds. The van der Waals surface area contributed by atoms with Crippen LogP contribution in [-0.2, 0) is 10.4 Å². The van der Waals surface area contributed by atoms with Crippen LogP contribution in [0.25, 0.3) is 0 Å². The summed E-state index contributed by atoms with van der Waals surface area (Å²) in [5.41, 5.74) is -0.704. The molecule has 0 fully saturated rings. The summed E-state index contributed by atoms with van der Waals surface area (Å²) >= 11 is 0. The van der Waals surface area contributed by atoms with Crippen LogP contribution in [-0.4, -0.2) is 30.5 Å². The van der Waals surface area contributed by atoms with Crippen LogP contribution in [0.2, 0.25) is 0 Å². The number of anilines is 1. The summed E-state index contributed by atoms with van der Waals surface area (Å²) in [6.07, 6.45) is 4.95. The highest BCUT2D eigenvalue weighted by atomic mass is 16.5. The molecule has 1 atom stereocenters. The number of Topliss-reactive ketones (excluding diaryl/α,β-unsaturated/α-hetero) is 1. The van der Waals surface area contributed by atoms with Crippen LogP contribution in [0.15, 0.2) is 48.5 Å².